The molecule has 2 nitrogen and oxygen atoms in total. The summed E-state index contributed by atoms with van der Waals surface area (Å²) in [7, 11) is 0. The Morgan fingerprint density at radius 2 is 2.15 bits per heavy atom. The Morgan fingerprint density at radius 1 is 1.30 bits per heavy atom. The average Bonchev–Trinajstić information content (AvgIpc) is 3.08. The first-order valence-corrected chi connectivity index (χ1v) is 8.32. The van der Waals surface area contributed by atoms with Gasteiger partial charge in [0.05, 0.1) is 0 Å². The van der Waals surface area contributed by atoms with Crippen LogP contribution in [0.4, 0.5) is 0 Å². The molecule has 0 radical (unpaired) electrons. The quantitative estimate of drug-likeness (QED) is 0.882. The fourth-order valence-electron chi connectivity index (χ4n) is 4.41. The molecule has 1 saturated carbocycles. The van der Waals surface area contributed by atoms with Gasteiger partial charge in [0, 0.05) is 11.5 Å². The summed E-state index contributed by atoms with van der Waals surface area (Å²) < 4.78 is 0. The minimum Gasteiger partial charge on any atom is -0.317 e. The van der Waals surface area contributed by atoms with Crippen LogP contribution in [0.25, 0.3) is 0 Å². The highest BCUT2D eigenvalue weighted by atomic mass is 15.0. The Hall–Kier alpha value is -0.860. The van der Waals surface area contributed by atoms with Crippen LogP contribution in [0, 0.1) is 12.8 Å². The lowest BCUT2D eigenvalue weighted by Crippen LogP contribution is -2.35. The van der Waals surface area contributed by atoms with Gasteiger partial charge >= 0.3 is 0 Å². The Morgan fingerprint density at radius 3 is 3.00 bits per heavy atom. The molecule has 1 aromatic rings. The van der Waals surface area contributed by atoms with E-state index in [1.54, 1.807) is 11.1 Å². The lowest BCUT2D eigenvalue weighted by Gasteiger charge is -2.23. The van der Waals surface area contributed by atoms with Crippen LogP contribution in [0.1, 0.15) is 42.4 Å². The highest BCUT2D eigenvalue weighted by Crippen LogP contribution is 2.56. The highest BCUT2D eigenvalue weighted by Gasteiger charge is 2.57. The topological polar surface area (TPSA) is 24.1 Å². The Balaban J connectivity index is 1.41. The molecule has 2 atom stereocenters. The summed E-state index contributed by atoms with van der Waals surface area (Å²) in [5.74, 6) is 0.896. The van der Waals surface area contributed by atoms with Gasteiger partial charge in [-0.05, 0) is 75.7 Å². The molecule has 2 N–H and O–H groups in total. The van der Waals surface area contributed by atoms with Crippen molar-refractivity contribution >= 4 is 0 Å². The normalized spacial score (nSPS) is 32.5. The van der Waals surface area contributed by atoms with Crippen molar-refractivity contribution in [1.82, 2.24) is 10.6 Å². The molecule has 2 heteroatoms. The van der Waals surface area contributed by atoms with Gasteiger partial charge in [-0.3, -0.25) is 0 Å². The molecule has 0 amide bonds. The fourth-order valence-corrected chi connectivity index (χ4v) is 4.41. The van der Waals surface area contributed by atoms with Gasteiger partial charge in [-0.15, -0.1) is 0 Å². The first-order chi connectivity index (χ1) is 9.78. The van der Waals surface area contributed by atoms with Crippen LogP contribution in [0.3, 0.4) is 0 Å². The smallest absolute Gasteiger partial charge is 0.0174 e. The molecule has 1 heterocycles. The lowest BCUT2D eigenvalue weighted by atomic mass is 9.95. The molecule has 0 aromatic heterocycles. The molecule has 2 fully saturated rings. The summed E-state index contributed by atoms with van der Waals surface area (Å²) in [5.41, 5.74) is 5.21. The zero-order chi connectivity index (χ0) is 13.6. The van der Waals surface area contributed by atoms with Crippen LogP contribution in [0.15, 0.2) is 18.2 Å². The third-order valence-corrected chi connectivity index (χ3v) is 5.83. The van der Waals surface area contributed by atoms with E-state index in [0.717, 1.165) is 12.0 Å². The summed E-state index contributed by atoms with van der Waals surface area (Å²) in [6.07, 6.45) is 6.73. The van der Waals surface area contributed by atoms with E-state index in [1.807, 2.05) is 0 Å². The minimum absolute atomic E-state index is 0.508. The standard InChI is InChI=1S/C18H26N2/c1-13-2-3-15-4-7-18(16(15)10-13)11-17(18)20-12-14-5-8-19-9-6-14/h2-3,10,14,17,19-20H,4-9,11-12H2,1H3. The molecular weight excluding hydrogens is 244 g/mol. The molecule has 4 rings (SSSR count). The molecule has 2 aliphatic carbocycles. The minimum atomic E-state index is 0.508. The SMILES string of the molecule is Cc1ccc2c(c1)C1(CC2)CC1NCC1CCNCC1. The second-order valence-electron chi connectivity index (χ2n) is 7.18. The molecule has 3 aliphatic rings. The first-order valence-electron chi connectivity index (χ1n) is 8.32. The number of piperidine rings is 1. The Labute approximate surface area is 122 Å². The number of hydrogen-bond acceptors (Lipinski definition) is 2. The number of rotatable bonds is 3. The van der Waals surface area contributed by atoms with Crippen LogP contribution < -0.4 is 10.6 Å². The molecule has 108 valence electrons. The van der Waals surface area contributed by atoms with E-state index in [4.69, 9.17) is 0 Å². The van der Waals surface area contributed by atoms with Gasteiger partial charge in [0.15, 0.2) is 0 Å². The van der Waals surface area contributed by atoms with Gasteiger partial charge in [-0.1, -0.05) is 23.8 Å². The van der Waals surface area contributed by atoms with E-state index in [9.17, 15) is 0 Å². The van der Waals surface area contributed by atoms with Gasteiger partial charge in [-0.2, -0.15) is 0 Å². The van der Waals surface area contributed by atoms with E-state index in [0.29, 0.717) is 5.41 Å². The Kier molecular flexibility index (Phi) is 3.12. The predicted octanol–water partition coefficient (Wildman–Crippen LogP) is 2.54. The third kappa shape index (κ3) is 2.10. The molecule has 1 aliphatic heterocycles. The van der Waals surface area contributed by atoms with Crippen molar-refractivity contribution in [3.8, 4) is 0 Å². The zero-order valence-electron chi connectivity index (χ0n) is 12.5. The van der Waals surface area contributed by atoms with Crippen LogP contribution in [0.5, 0.6) is 0 Å². The average molecular weight is 270 g/mol. The van der Waals surface area contributed by atoms with Crippen molar-refractivity contribution in [2.45, 2.75) is 50.5 Å². The van der Waals surface area contributed by atoms with E-state index in [2.05, 4.69) is 35.8 Å². The van der Waals surface area contributed by atoms with Crippen molar-refractivity contribution in [3.63, 3.8) is 0 Å². The van der Waals surface area contributed by atoms with Gasteiger partial charge in [-0.25, -0.2) is 0 Å². The molecule has 20 heavy (non-hydrogen) atoms. The van der Waals surface area contributed by atoms with Gasteiger partial charge in [0.1, 0.15) is 0 Å². The summed E-state index contributed by atoms with van der Waals surface area (Å²) >= 11 is 0. The maximum absolute atomic E-state index is 3.89. The van der Waals surface area contributed by atoms with Gasteiger partial charge in [0.25, 0.3) is 0 Å². The number of hydrogen-bond donors (Lipinski definition) is 2. The molecule has 1 spiro atoms. The molecule has 1 aromatic carbocycles. The van der Waals surface area contributed by atoms with Crippen molar-refractivity contribution in [2.24, 2.45) is 5.92 Å². The number of aryl methyl sites for hydroxylation is 2. The first kappa shape index (κ1) is 12.8. The monoisotopic (exact) mass is 270 g/mol. The third-order valence-electron chi connectivity index (χ3n) is 5.83. The van der Waals surface area contributed by atoms with Crippen molar-refractivity contribution in [1.29, 1.82) is 0 Å². The van der Waals surface area contributed by atoms with Crippen molar-refractivity contribution in [3.05, 3.63) is 34.9 Å². The van der Waals surface area contributed by atoms with Crippen LogP contribution in [0.2, 0.25) is 0 Å². The van der Waals surface area contributed by atoms with Gasteiger partial charge in [0.2, 0.25) is 0 Å². The molecular formula is C18H26N2. The maximum Gasteiger partial charge on any atom is 0.0174 e. The highest BCUT2D eigenvalue weighted by molar-refractivity contribution is 5.48. The van der Waals surface area contributed by atoms with Crippen LogP contribution >= 0.6 is 0 Å². The van der Waals surface area contributed by atoms with E-state index < -0.39 is 0 Å². The molecule has 1 saturated heterocycles. The zero-order valence-corrected chi connectivity index (χ0v) is 12.5. The fraction of sp³-hybridized carbons (Fsp3) is 0.667. The summed E-state index contributed by atoms with van der Waals surface area (Å²) in [4.78, 5) is 0. The molecule has 2 unspecified atom stereocenters. The largest absolute Gasteiger partial charge is 0.317 e. The van der Waals surface area contributed by atoms with Gasteiger partial charge < -0.3 is 10.6 Å². The number of benzene rings is 1. The number of nitrogens with one attached hydrogen (secondary N) is 2. The number of fused-ring (bicyclic) bond motifs is 2. The van der Waals surface area contributed by atoms with E-state index in [1.165, 1.54) is 57.3 Å². The predicted molar refractivity (Wildman–Crippen MR) is 83.2 cm³/mol. The van der Waals surface area contributed by atoms with E-state index in [-0.39, 0.29) is 0 Å². The lowest BCUT2D eigenvalue weighted by molar-refractivity contribution is 0.351. The maximum atomic E-state index is 3.89. The van der Waals surface area contributed by atoms with Crippen molar-refractivity contribution in [2.75, 3.05) is 19.6 Å². The summed E-state index contributed by atoms with van der Waals surface area (Å²) in [5, 5.41) is 7.35. The molecule has 0 bridgehead atoms. The summed E-state index contributed by atoms with van der Waals surface area (Å²) in [6.45, 7) is 5.88. The summed E-state index contributed by atoms with van der Waals surface area (Å²) in [6, 6.07) is 7.84. The van der Waals surface area contributed by atoms with Crippen LogP contribution in [-0.4, -0.2) is 25.7 Å². The Bertz CT molecular complexity index is 504. The second kappa shape index (κ2) is 4.85. The van der Waals surface area contributed by atoms with E-state index >= 15 is 0 Å². The second-order valence-corrected chi connectivity index (χ2v) is 7.18. The van der Waals surface area contributed by atoms with Crippen LogP contribution in [-0.2, 0) is 11.8 Å². The van der Waals surface area contributed by atoms with Crippen molar-refractivity contribution < 1.29 is 0 Å².